The summed E-state index contributed by atoms with van der Waals surface area (Å²) in [5, 5.41) is 2.62. The molecule has 0 unspecified atom stereocenters. The number of carbonyl (C=O) groups excluding carboxylic acids is 2. The van der Waals surface area contributed by atoms with Gasteiger partial charge in [0, 0.05) is 13.0 Å². The monoisotopic (exact) mass is 425 g/mol. The molecular weight excluding hydrogens is 397 g/mol. The standard InChI is InChI=1S/C25H28FNO4/c1-4-17-11-14-20(18-9-12-19(26)13-10-18)16(3)22(17)23-21(31-25(29)27-5-2)8-6-7-15-30-24(23)28/h9-14H,4-8,15H2,1-3H3,(H,27,29)/b23-21+. The molecular formula is C25H28FNO4. The first-order valence-electron chi connectivity index (χ1n) is 10.7. The van der Waals surface area contributed by atoms with Gasteiger partial charge in [-0.15, -0.1) is 0 Å². The molecule has 0 aliphatic carbocycles. The fourth-order valence-corrected chi connectivity index (χ4v) is 3.85. The maximum absolute atomic E-state index is 13.4. The van der Waals surface area contributed by atoms with Crippen molar-refractivity contribution in [3.05, 3.63) is 64.7 Å². The molecule has 0 saturated heterocycles. The first-order valence-corrected chi connectivity index (χ1v) is 10.7. The van der Waals surface area contributed by atoms with Gasteiger partial charge in [0.05, 0.1) is 6.61 Å². The predicted molar refractivity (Wildman–Crippen MR) is 118 cm³/mol. The Kier molecular flexibility index (Phi) is 7.45. The normalized spacial score (nSPS) is 16.8. The van der Waals surface area contributed by atoms with E-state index in [1.165, 1.54) is 12.1 Å². The molecule has 164 valence electrons. The van der Waals surface area contributed by atoms with E-state index in [0.717, 1.165) is 34.2 Å². The Morgan fingerprint density at radius 2 is 1.87 bits per heavy atom. The third-order valence-corrected chi connectivity index (χ3v) is 5.39. The average molecular weight is 426 g/mol. The summed E-state index contributed by atoms with van der Waals surface area (Å²) in [5.41, 5.74) is 4.55. The summed E-state index contributed by atoms with van der Waals surface area (Å²) in [6.45, 7) is 6.49. The molecule has 6 heteroatoms. The average Bonchev–Trinajstić information content (AvgIpc) is 2.74. The number of aryl methyl sites for hydroxylation is 1. The van der Waals surface area contributed by atoms with E-state index in [9.17, 15) is 14.0 Å². The highest BCUT2D eigenvalue weighted by Crippen LogP contribution is 2.36. The molecule has 2 aromatic carbocycles. The lowest BCUT2D eigenvalue weighted by Gasteiger charge is -2.22. The summed E-state index contributed by atoms with van der Waals surface area (Å²) < 4.78 is 24.5. The number of hydrogen-bond donors (Lipinski definition) is 1. The molecule has 0 aromatic heterocycles. The maximum atomic E-state index is 13.4. The minimum atomic E-state index is -0.589. The molecule has 0 radical (unpaired) electrons. The molecule has 1 aliphatic heterocycles. The van der Waals surface area contributed by atoms with Crippen LogP contribution in [0.5, 0.6) is 0 Å². The Balaban J connectivity index is 2.22. The number of nitrogens with one attached hydrogen (secondary N) is 1. The molecule has 5 nitrogen and oxygen atoms in total. The minimum Gasteiger partial charge on any atom is -0.462 e. The van der Waals surface area contributed by atoms with Gasteiger partial charge in [-0.2, -0.15) is 0 Å². The summed E-state index contributed by atoms with van der Waals surface area (Å²) in [5.74, 6) is -0.478. The number of carbonyl (C=O) groups is 2. The highest BCUT2D eigenvalue weighted by Gasteiger charge is 2.28. The molecule has 1 heterocycles. The van der Waals surface area contributed by atoms with Crippen LogP contribution in [0.3, 0.4) is 0 Å². The number of rotatable bonds is 5. The number of cyclic esters (lactones) is 1. The zero-order valence-electron chi connectivity index (χ0n) is 18.2. The summed E-state index contributed by atoms with van der Waals surface area (Å²) in [6, 6.07) is 10.2. The largest absolute Gasteiger partial charge is 0.462 e. The Morgan fingerprint density at radius 3 is 2.55 bits per heavy atom. The van der Waals surface area contributed by atoms with Crippen LogP contribution < -0.4 is 5.32 Å². The van der Waals surface area contributed by atoms with E-state index in [1.807, 2.05) is 26.0 Å². The number of esters is 1. The van der Waals surface area contributed by atoms with Crippen molar-refractivity contribution in [1.82, 2.24) is 5.32 Å². The van der Waals surface area contributed by atoms with Crippen molar-refractivity contribution in [2.24, 2.45) is 0 Å². The summed E-state index contributed by atoms with van der Waals surface area (Å²) in [4.78, 5) is 25.3. The Morgan fingerprint density at radius 1 is 1.13 bits per heavy atom. The second kappa shape index (κ2) is 10.2. The van der Waals surface area contributed by atoms with Gasteiger partial charge >= 0.3 is 12.1 Å². The summed E-state index contributed by atoms with van der Waals surface area (Å²) in [7, 11) is 0. The Hall–Kier alpha value is -3.15. The van der Waals surface area contributed by atoms with Crippen LogP contribution in [0.4, 0.5) is 9.18 Å². The lowest BCUT2D eigenvalue weighted by molar-refractivity contribution is -0.137. The van der Waals surface area contributed by atoms with Crippen LogP contribution in [0.15, 0.2) is 42.2 Å². The molecule has 0 spiro atoms. The fourth-order valence-electron chi connectivity index (χ4n) is 3.85. The predicted octanol–water partition coefficient (Wildman–Crippen LogP) is 5.55. The van der Waals surface area contributed by atoms with E-state index in [4.69, 9.17) is 9.47 Å². The number of alkyl carbamates (subject to hydrolysis) is 1. The van der Waals surface area contributed by atoms with Crippen LogP contribution >= 0.6 is 0 Å². The second-order valence-corrected chi connectivity index (χ2v) is 7.44. The van der Waals surface area contributed by atoms with Gasteiger partial charge in [0.1, 0.15) is 17.1 Å². The van der Waals surface area contributed by atoms with Crippen LogP contribution in [-0.2, 0) is 20.7 Å². The van der Waals surface area contributed by atoms with Crippen molar-refractivity contribution in [2.45, 2.75) is 46.5 Å². The van der Waals surface area contributed by atoms with Gasteiger partial charge in [0.2, 0.25) is 0 Å². The first kappa shape index (κ1) is 22.5. The van der Waals surface area contributed by atoms with Crippen molar-refractivity contribution < 1.29 is 23.5 Å². The van der Waals surface area contributed by atoms with Crippen molar-refractivity contribution in [3.63, 3.8) is 0 Å². The van der Waals surface area contributed by atoms with Gasteiger partial charge in [0.15, 0.2) is 0 Å². The van der Waals surface area contributed by atoms with Crippen molar-refractivity contribution >= 4 is 17.6 Å². The van der Waals surface area contributed by atoms with E-state index in [2.05, 4.69) is 5.32 Å². The van der Waals surface area contributed by atoms with Gasteiger partial charge in [-0.3, -0.25) is 0 Å². The smallest absolute Gasteiger partial charge is 0.412 e. The molecule has 1 N–H and O–H groups in total. The van der Waals surface area contributed by atoms with Gasteiger partial charge in [0.25, 0.3) is 0 Å². The number of halogens is 1. The molecule has 2 aromatic rings. The Bertz CT molecular complexity index is 995. The van der Waals surface area contributed by atoms with Gasteiger partial charge in [-0.05, 0) is 73.1 Å². The molecule has 0 bridgehead atoms. The minimum absolute atomic E-state index is 0.296. The van der Waals surface area contributed by atoms with E-state index in [1.54, 1.807) is 19.1 Å². The molecule has 3 rings (SSSR count). The van der Waals surface area contributed by atoms with E-state index >= 15 is 0 Å². The SMILES string of the molecule is CCNC(=O)O/C1=C(\c2c(CC)ccc(-c3ccc(F)cc3)c2C)C(=O)OCCCC1. The number of amides is 1. The zero-order chi connectivity index (χ0) is 22.4. The summed E-state index contributed by atoms with van der Waals surface area (Å²) >= 11 is 0. The van der Waals surface area contributed by atoms with E-state index in [-0.39, 0.29) is 5.82 Å². The number of ether oxygens (including phenoxy) is 2. The lowest BCUT2D eigenvalue weighted by atomic mass is 9.86. The number of benzene rings is 2. The molecule has 0 fully saturated rings. The third-order valence-electron chi connectivity index (χ3n) is 5.39. The Labute approximate surface area is 182 Å². The fraction of sp³-hybridized carbons (Fsp3) is 0.360. The highest BCUT2D eigenvalue weighted by atomic mass is 19.1. The van der Waals surface area contributed by atoms with Gasteiger partial charge in [-0.1, -0.05) is 31.2 Å². The van der Waals surface area contributed by atoms with Crippen LogP contribution in [0.1, 0.15) is 49.8 Å². The molecule has 31 heavy (non-hydrogen) atoms. The topological polar surface area (TPSA) is 64.6 Å². The summed E-state index contributed by atoms with van der Waals surface area (Å²) in [6.07, 6.45) is 2.00. The molecule has 0 saturated carbocycles. The number of hydrogen-bond acceptors (Lipinski definition) is 4. The van der Waals surface area contributed by atoms with E-state index < -0.39 is 12.1 Å². The quantitative estimate of drug-likeness (QED) is 0.638. The number of allylic oxidation sites excluding steroid dienone is 1. The van der Waals surface area contributed by atoms with Crippen molar-refractivity contribution in [2.75, 3.05) is 13.2 Å². The second-order valence-electron chi connectivity index (χ2n) is 7.44. The molecule has 0 atom stereocenters. The van der Waals surface area contributed by atoms with Crippen LogP contribution in [0.25, 0.3) is 16.7 Å². The first-order chi connectivity index (χ1) is 15.0. The highest BCUT2D eigenvalue weighted by molar-refractivity contribution is 6.18. The van der Waals surface area contributed by atoms with Crippen LogP contribution in [0.2, 0.25) is 0 Å². The van der Waals surface area contributed by atoms with Crippen molar-refractivity contribution in [3.8, 4) is 11.1 Å². The van der Waals surface area contributed by atoms with Gasteiger partial charge < -0.3 is 14.8 Å². The van der Waals surface area contributed by atoms with Gasteiger partial charge in [-0.25, -0.2) is 14.0 Å². The van der Waals surface area contributed by atoms with Crippen LogP contribution in [0, 0.1) is 12.7 Å². The maximum Gasteiger partial charge on any atom is 0.412 e. The lowest BCUT2D eigenvalue weighted by Crippen LogP contribution is -2.25. The molecule has 1 amide bonds. The van der Waals surface area contributed by atoms with E-state index in [0.29, 0.717) is 43.7 Å². The van der Waals surface area contributed by atoms with Crippen LogP contribution in [-0.4, -0.2) is 25.2 Å². The third kappa shape index (κ3) is 5.13. The molecule has 1 aliphatic rings. The van der Waals surface area contributed by atoms with Crippen molar-refractivity contribution in [1.29, 1.82) is 0 Å². The zero-order valence-corrected chi connectivity index (χ0v) is 18.2.